The molecule has 5 nitrogen and oxygen atoms in total. The summed E-state index contributed by atoms with van der Waals surface area (Å²) >= 11 is 0. The fourth-order valence-corrected chi connectivity index (χ4v) is 1.23. The van der Waals surface area contributed by atoms with Gasteiger partial charge in [0.2, 0.25) is 5.95 Å². The Bertz CT molecular complexity index is 268. The monoisotopic (exact) mass is 197 g/mol. The van der Waals surface area contributed by atoms with Crippen molar-refractivity contribution in [2.45, 2.75) is 13.3 Å². The van der Waals surface area contributed by atoms with Crippen LogP contribution in [0.3, 0.4) is 0 Å². The van der Waals surface area contributed by atoms with Crippen LogP contribution in [0.5, 0.6) is 0 Å². The molecule has 0 fully saturated rings. The SMILES string of the molecule is Cc1n[nH]c(N(C)CCCN(C)C)n1. The smallest absolute Gasteiger partial charge is 0.221 e. The lowest BCUT2D eigenvalue weighted by Crippen LogP contribution is -2.24. The summed E-state index contributed by atoms with van der Waals surface area (Å²) in [6, 6.07) is 0. The quantitative estimate of drug-likeness (QED) is 0.747. The number of hydrogen-bond donors (Lipinski definition) is 1. The molecule has 0 radical (unpaired) electrons. The largest absolute Gasteiger partial charge is 0.344 e. The number of aryl methyl sites for hydroxylation is 1. The maximum absolute atomic E-state index is 4.25. The molecular formula is C9H19N5. The van der Waals surface area contributed by atoms with Gasteiger partial charge in [-0.3, -0.25) is 0 Å². The van der Waals surface area contributed by atoms with Crippen LogP contribution in [0.2, 0.25) is 0 Å². The highest BCUT2D eigenvalue weighted by atomic mass is 15.3. The minimum absolute atomic E-state index is 0.791. The van der Waals surface area contributed by atoms with Crippen LogP contribution in [0, 0.1) is 6.92 Å². The lowest BCUT2D eigenvalue weighted by atomic mass is 10.4. The van der Waals surface area contributed by atoms with Gasteiger partial charge >= 0.3 is 0 Å². The molecule has 0 unspecified atom stereocenters. The zero-order chi connectivity index (χ0) is 10.6. The molecule has 0 atom stereocenters. The van der Waals surface area contributed by atoms with Crippen molar-refractivity contribution in [3.63, 3.8) is 0 Å². The molecule has 1 rings (SSSR count). The maximum Gasteiger partial charge on any atom is 0.221 e. The van der Waals surface area contributed by atoms with E-state index in [-0.39, 0.29) is 0 Å². The van der Waals surface area contributed by atoms with Crippen molar-refractivity contribution >= 4 is 5.95 Å². The minimum atomic E-state index is 0.791. The van der Waals surface area contributed by atoms with Gasteiger partial charge in [0, 0.05) is 13.6 Å². The molecule has 0 aliphatic carbocycles. The van der Waals surface area contributed by atoms with Gasteiger partial charge in [-0.15, -0.1) is 0 Å². The predicted molar refractivity (Wildman–Crippen MR) is 57.6 cm³/mol. The summed E-state index contributed by atoms with van der Waals surface area (Å²) in [4.78, 5) is 8.52. The molecule has 1 N–H and O–H groups in total. The summed E-state index contributed by atoms with van der Waals surface area (Å²) in [5, 5.41) is 6.89. The van der Waals surface area contributed by atoms with Crippen molar-refractivity contribution in [2.75, 3.05) is 39.1 Å². The average molecular weight is 197 g/mol. The number of nitrogens with one attached hydrogen (secondary N) is 1. The van der Waals surface area contributed by atoms with Crippen LogP contribution < -0.4 is 4.90 Å². The van der Waals surface area contributed by atoms with Crippen molar-refractivity contribution in [2.24, 2.45) is 0 Å². The van der Waals surface area contributed by atoms with Crippen molar-refractivity contribution in [3.05, 3.63) is 5.82 Å². The first-order valence-electron chi connectivity index (χ1n) is 4.84. The number of aromatic amines is 1. The maximum atomic E-state index is 4.25. The predicted octanol–water partition coefficient (Wildman–Crippen LogP) is 0.501. The summed E-state index contributed by atoms with van der Waals surface area (Å²) in [5.74, 6) is 1.64. The number of hydrogen-bond acceptors (Lipinski definition) is 4. The molecule has 0 saturated carbocycles. The van der Waals surface area contributed by atoms with Crippen molar-refractivity contribution in [1.82, 2.24) is 20.1 Å². The van der Waals surface area contributed by atoms with Crippen LogP contribution in [-0.2, 0) is 0 Å². The number of anilines is 1. The van der Waals surface area contributed by atoms with E-state index in [9.17, 15) is 0 Å². The summed E-state index contributed by atoms with van der Waals surface area (Å²) in [6.07, 6.45) is 1.13. The van der Waals surface area contributed by atoms with E-state index in [2.05, 4.69) is 39.1 Å². The van der Waals surface area contributed by atoms with Gasteiger partial charge in [-0.05, 0) is 34.0 Å². The highest BCUT2D eigenvalue weighted by molar-refractivity contribution is 5.26. The van der Waals surface area contributed by atoms with Gasteiger partial charge in [0.15, 0.2) is 0 Å². The van der Waals surface area contributed by atoms with Crippen LogP contribution >= 0.6 is 0 Å². The average Bonchev–Trinajstić information content (AvgIpc) is 2.51. The van der Waals surface area contributed by atoms with Gasteiger partial charge in [0.25, 0.3) is 0 Å². The fraction of sp³-hybridized carbons (Fsp3) is 0.778. The van der Waals surface area contributed by atoms with E-state index in [4.69, 9.17) is 0 Å². The van der Waals surface area contributed by atoms with Crippen molar-refractivity contribution in [3.8, 4) is 0 Å². The number of nitrogens with zero attached hydrogens (tertiary/aromatic N) is 4. The van der Waals surface area contributed by atoms with Gasteiger partial charge < -0.3 is 9.80 Å². The van der Waals surface area contributed by atoms with Gasteiger partial charge in [0.1, 0.15) is 5.82 Å². The zero-order valence-corrected chi connectivity index (χ0v) is 9.41. The lowest BCUT2D eigenvalue weighted by Gasteiger charge is -2.16. The molecule has 1 aromatic rings. The first kappa shape index (κ1) is 11.0. The number of rotatable bonds is 5. The first-order chi connectivity index (χ1) is 6.59. The molecule has 0 aromatic carbocycles. The van der Waals surface area contributed by atoms with E-state index in [1.54, 1.807) is 0 Å². The topological polar surface area (TPSA) is 48.1 Å². The second-order valence-corrected chi connectivity index (χ2v) is 3.78. The van der Waals surface area contributed by atoms with Crippen LogP contribution in [-0.4, -0.2) is 54.3 Å². The van der Waals surface area contributed by atoms with Crippen LogP contribution in [0.1, 0.15) is 12.2 Å². The van der Waals surface area contributed by atoms with E-state index in [1.165, 1.54) is 0 Å². The van der Waals surface area contributed by atoms with Crippen LogP contribution in [0.25, 0.3) is 0 Å². The van der Waals surface area contributed by atoms with E-state index in [0.29, 0.717) is 0 Å². The Kier molecular flexibility index (Phi) is 3.88. The summed E-state index contributed by atoms with van der Waals surface area (Å²) in [6.45, 7) is 3.97. The third-order valence-corrected chi connectivity index (χ3v) is 2.05. The molecule has 0 aliphatic heterocycles. The number of aromatic nitrogens is 3. The summed E-state index contributed by atoms with van der Waals surface area (Å²) in [7, 11) is 6.19. The van der Waals surface area contributed by atoms with Gasteiger partial charge in [-0.1, -0.05) is 0 Å². The Hall–Kier alpha value is -1.10. The van der Waals surface area contributed by atoms with Crippen LogP contribution in [0.4, 0.5) is 5.95 Å². The van der Waals surface area contributed by atoms with Crippen molar-refractivity contribution < 1.29 is 0 Å². The highest BCUT2D eigenvalue weighted by Gasteiger charge is 2.04. The second kappa shape index (κ2) is 4.95. The lowest BCUT2D eigenvalue weighted by molar-refractivity contribution is 0.401. The number of H-pyrrole nitrogens is 1. The van der Waals surface area contributed by atoms with Gasteiger partial charge in [0.05, 0.1) is 0 Å². The third kappa shape index (κ3) is 3.33. The van der Waals surface area contributed by atoms with Gasteiger partial charge in [-0.2, -0.15) is 10.1 Å². The first-order valence-corrected chi connectivity index (χ1v) is 4.84. The Balaban J connectivity index is 2.32. The molecule has 0 spiro atoms. The molecule has 80 valence electrons. The minimum Gasteiger partial charge on any atom is -0.344 e. The molecule has 0 saturated heterocycles. The molecular weight excluding hydrogens is 178 g/mol. The van der Waals surface area contributed by atoms with E-state index in [1.807, 2.05) is 14.0 Å². The van der Waals surface area contributed by atoms with Crippen molar-refractivity contribution in [1.29, 1.82) is 0 Å². The molecule has 1 aromatic heterocycles. The van der Waals surface area contributed by atoms with E-state index < -0.39 is 0 Å². The standard InChI is InChI=1S/C9H19N5/c1-8-10-9(12-11-8)14(4)7-5-6-13(2)3/h5-7H2,1-4H3,(H,10,11,12). The fourth-order valence-electron chi connectivity index (χ4n) is 1.23. The zero-order valence-electron chi connectivity index (χ0n) is 9.41. The molecule has 1 heterocycles. The summed E-state index contributed by atoms with van der Waals surface area (Å²) < 4.78 is 0. The van der Waals surface area contributed by atoms with Gasteiger partial charge in [-0.25, -0.2) is 5.10 Å². The molecule has 5 heteroatoms. The Morgan fingerprint density at radius 3 is 2.43 bits per heavy atom. The molecule has 0 aliphatic rings. The third-order valence-electron chi connectivity index (χ3n) is 2.05. The normalized spacial score (nSPS) is 10.9. The molecule has 0 bridgehead atoms. The van der Waals surface area contributed by atoms with E-state index >= 15 is 0 Å². The summed E-state index contributed by atoms with van der Waals surface area (Å²) in [5.41, 5.74) is 0. The Morgan fingerprint density at radius 2 is 1.93 bits per heavy atom. The highest BCUT2D eigenvalue weighted by Crippen LogP contribution is 2.03. The second-order valence-electron chi connectivity index (χ2n) is 3.78. The Labute approximate surface area is 85.1 Å². The Morgan fingerprint density at radius 1 is 1.21 bits per heavy atom. The van der Waals surface area contributed by atoms with E-state index in [0.717, 1.165) is 31.3 Å². The molecule has 14 heavy (non-hydrogen) atoms. The van der Waals surface area contributed by atoms with Crippen LogP contribution in [0.15, 0.2) is 0 Å². The molecule has 0 amide bonds.